The van der Waals surface area contributed by atoms with E-state index in [0.717, 1.165) is 37.4 Å². The molecule has 0 bridgehead atoms. The molecule has 0 aromatic heterocycles. The lowest BCUT2D eigenvalue weighted by atomic mass is 10.1. The first-order chi connectivity index (χ1) is 14.8. The third kappa shape index (κ3) is 14.6. The Kier molecular flexibility index (Phi) is 17.5. The summed E-state index contributed by atoms with van der Waals surface area (Å²) in [7, 11) is 0. The molecule has 0 saturated carbocycles. The summed E-state index contributed by atoms with van der Waals surface area (Å²) in [5, 5.41) is 0. The van der Waals surface area contributed by atoms with Crippen LogP contribution in [0, 0.1) is 0 Å². The number of ether oxygens (including phenoxy) is 5. The Balaban J connectivity index is 2.13. The molecule has 0 radical (unpaired) electrons. The van der Waals surface area contributed by atoms with E-state index in [1.807, 2.05) is 12.2 Å². The van der Waals surface area contributed by atoms with Crippen LogP contribution in [0.1, 0.15) is 78.6 Å². The van der Waals surface area contributed by atoms with Crippen molar-refractivity contribution < 1.29 is 23.7 Å². The van der Waals surface area contributed by atoms with E-state index >= 15 is 0 Å². The van der Waals surface area contributed by atoms with E-state index in [-0.39, 0.29) is 6.79 Å². The van der Waals surface area contributed by atoms with Gasteiger partial charge in [-0.25, -0.2) is 0 Å². The van der Waals surface area contributed by atoms with Crippen LogP contribution in [-0.2, 0) is 23.7 Å². The van der Waals surface area contributed by atoms with E-state index in [9.17, 15) is 0 Å². The first-order valence-electron chi connectivity index (χ1n) is 11.8. The van der Waals surface area contributed by atoms with Gasteiger partial charge in [0.05, 0.1) is 33.0 Å². The molecule has 0 amide bonds. The van der Waals surface area contributed by atoms with E-state index in [2.05, 4.69) is 26.8 Å². The highest BCUT2D eigenvalue weighted by molar-refractivity contribution is 5.28. The van der Waals surface area contributed by atoms with Gasteiger partial charge in [0.1, 0.15) is 0 Å². The van der Waals surface area contributed by atoms with Crippen molar-refractivity contribution in [3.8, 4) is 0 Å². The van der Waals surface area contributed by atoms with Gasteiger partial charge in [-0.05, 0) is 38.3 Å². The molecule has 5 nitrogen and oxygen atoms in total. The van der Waals surface area contributed by atoms with Crippen LogP contribution in [0.25, 0.3) is 0 Å². The van der Waals surface area contributed by atoms with Crippen molar-refractivity contribution in [1.29, 1.82) is 0 Å². The summed E-state index contributed by atoms with van der Waals surface area (Å²) in [6.45, 7) is 10.6. The molecule has 0 aromatic rings. The third-order valence-corrected chi connectivity index (χ3v) is 4.84. The van der Waals surface area contributed by atoms with Crippen LogP contribution in [0.4, 0.5) is 0 Å². The molecule has 1 heterocycles. The second-order valence-electron chi connectivity index (χ2n) is 7.70. The zero-order valence-electron chi connectivity index (χ0n) is 19.6. The summed E-state index contributed by atoms with van der Waals surface area (Å²) in [6, 6.07) is 0. The molecule has 5 heteroatoms. The molecule has 0 unspecified atom stereocenters. The van der Waals surface area contributed by atoms with Gasteiger partial charge in [-0.1, -0.05) is 64.0 Å². The molecule has 1 aliphatic rings. The minimum atomic E-state index is 0.283. The van der Waals surface area contributed by atoms with Crippen LogP contribution < -0.4 is 0 Å². The van der Waals surface area contributed by atoms with Crippen LogP contribution in [0.5, 0.6) is 0 Å². The van der Waals surface area contributed by atoms with Gasteiger partial charge in [0.15, 0.2) is 11.5 Å². The first kappa shape index (κ1) is 26.7. The van der Waals surface area contributed by atoms with Crippen LogP contribution in [-0.4, -0.2) is 46.4 Å². The zero-order valence-corrected chi connectivity index (χ0v) is 19.6. The Morgan fingerprint density at radius 2 is 1.40 bits per heavy atom. The van der Waals surface area contributed by atoms with Gasteiger partial charge < -0.3 is 23.7 Å². The minimum absolute atomic E-state index is 0.283. The van der Waals surface area contributed by atoms with Crippen molar-refractivity contribution >= 4 is 0 Å². The smallest absolute Gasteiger partial charge is 0.231 e. The van der Waals surface area contributed by atoms with Gasteiger partial charge in [-0.3, -0.25) is 0 Å². The van der Waals surface area contributed by atoms with Gasteiger partial charge >= 0.3 is 0 Å². The minimum Gasteiger partial charge on any atom is -0.454 e. The van der Waals surface area contributed by atoms with Crippen LogP contribution in [0.2, 0.25) is 0 Å². The second-order valence-corrected chi connectivity index (χ2v) is 7.70. The first-order valence-corrected chi connectivity index (χ1v) is 11.8. The molecule has 0 aromatic carbocycles. The van der Waals surface area contributed by atoms with Crippen molar-refractivity contribution in [2.75, 3.05) is 46.4 Å². The normalized spacial score (nSPS) is 14.6. The number of hydrogen-bond acceptors (Lipinski definition) is 5. The average Bonchev–Trinajstić information content (AvgIpc) is 3.18. The van der Waals surface area contributed by atoms with E-state index in [0.29, 0.717) is 33.0 Å². The summed E-state index contributed by atoms with van der Waals surface area (Å²) in [5.41, 5.74) is 1.34. The molecule has 0 spiro atoms. The summed E-state index contributed by atoms with van der Waals surface area (Å²) in [4.78, 5) is 0. The SMILES string of the molecule is CCCCCCCC/C(C)=C/C1=C(/C=C/COCCOCCOCCCC)OCO1. The predicted molar refractivity (Wildman–Crippen MR) is 122 cm³/mol. The van der Waals surface area contributed by atoms with Crippen LogP contribution in [0.3, 0.4) is 0 Å². The molecule has 0 aliphatic carbocycles. The number of allylic oxidation sites excluding steroid dienone is 3. The molecule has 1 rings (SSSR count). The fraction of sp³-hybridized carbons (Fsp3) is 0.760. The molecule has 174 valence electrons. The highest BCUT2D eigenvalue weighted by atomic mass is 16.7. The quantitative estimate of drug-likeness (QED) is 0.214. The monoisotopic (exact) mass is 424 g/mol. The lowest BCUT2D eigenvalue weighted by molar-refractivity contribution is 0.0189. The van der Waals surface area contributed by atoms with Gasteiger partial charge in [-0.2, -0.15) is 0 Å². The maximum atomic E-state index is 5.61. The molecular weight excluding hydrogens is 380 g/mol. The van der Waals surface area contributed by atoms with Crippen molar-refractivity contribution in [3.63, 3.8) is 0 Å². The average molecular weight is 425 g/mol. The van der Waals surface area contributed by atoms with Crippen molar-refractivity contribution in [2.24, 2.45) is 0 Å². The molecule has 0 saturated heterocycles. The molecule has 0 fully saturated rings. The molecule has 30 heavy (non-hydrogen) atoms. The van der Waals surface area contributed by atoms with Crippen molar-refractivity contribution in [3.05, 3.63) is 35.3 Å². The van der Waals surface area contributed by atoms with Gasteiger partial charge in [-0.15, -0.1) is 0 Å². The highest BCUT2D eigenvalue weighted by Crippen LogP contribution is 2.22. The van der Waals surface area contributed by atoms with Crippen molar-refractivity contribution in [2.45, 2.75) is 78.6 Å². The summed E-state index contributed by atoms with van der Waals surface area (Å²) in [5.74, 6) is 1.60. The van der Waals surface area contributed by atoms with E-state index in [4.69, 9.17) is 23.7 Å². The fourth-order valence-electron chi connectivity index (χ4n) is 3.01. The maximum Gasteiger partial charge on any atom is 0.231 e. The van der Waals surface area contributed by atoms with Gasteiger partial charge in [0, 0.05) is 6.61 Å². The standard InChI is InChI=1S/C25H44O5/c1-4-6-8-9-10-11-13-23(3)21-25-24(29-22-30-25)14-12-16-27-18-20-28-19-17-26-15-7-5-2/h12,14,21H,4-11,13,15-20,22H2,1-3H3/b14-12+,23-21+. The molecular formula is C25H44O5. The topological polar surface area (TPSA) is 46.2 Å². The molecule has 0 N–H and O–H groups in total. The largest absolute Gasteiger partial charge is 0.454 e. The molecule has 0 atom stereocenters. The zero-order chi connectivity index (χ0) is 21.7. The van der Waals surface area contributed by atoms with E-state index in [1.54, 1.807) is 0 Å². The Morgan fingerprint density at radius 3 is 2.17 bits per heavy atom. The van der Waals surface area contributed by atoms with E-state index in [1.165, 1.54) is 44.1 Å². The Labute approximate surface area is 184 Å². The summed E-state index contributed by atoms with van der Waals surface area (Å²) < 4.78 is 27.7. The second kappa shape index (κ2) is 19.7. The third-order valence-electron chi connectivity index (χ3n) is 4.84. The highest BCUT2D eigenvalue weighted by Gasteiger charge is 2.13. The van der Waals surface area contributed by atoms with Crippen LogP contribution in [0.15, 0.2) is 35.3 Å². The summed E-state index contributed by atoms with van der Waals surface area (Å²) in [6.07, 6.45) is 17.3. The maximum absolute atomic E-state index is 5.61. The Hall–Kier alpha value is -1.30. The fourth-order valence-corrected chi connectivity index (χ4v) is 3.01. The predicted octanol–water partition coefficient (Wildman–Crippen LogP) is 6.31. The number of hydrogen-bond donors (Lipinski definition) is 0. The van der Waals surface area contributed by atoms with Gasteiger partial charge in [0.25, 0.3) is 0 Å². The van der Waals surface area contributed by atoms with Gasteiger partial charge in [0.2, 0.25) is 6.79 Å². The lowest BCUT2D eigenvalue weighted by Gasteiger charge is -2.05. The Bertz CT molecular complexity index is 496. The molecule has 1 aliphatic heterocycles. The number of rotatable bonds is 20. The van der Waals surface area contributed by atoms with Crippen LogP contribution >= 0.6 is 0 Å². The van der Waals surface area contributed by atoms with Crippen molar-refractivity contribution in [1.82, 2.24) is 0 Å². The van der Waals surface area contributed by atoms with E-state index < -0.39 is 0 Å². The summed E-state index contributed by atoms with van der Waals surface area (Å²) >= 11 is 0. The lowest BCUT2D eigenvalue weighted by Crippen LogP contribution is -2.09. The Morgan fingerprint density at radius 1 is 0.767 bits per heavy atom. The number of unbranched alkanes of at least 4 members (excludes halogenated alkanes) is 6.